The molecule has 0 bridgehead atoms. The molecular weight excluding hydrogens is 164 g/mol. The van der Waals surface area contributed by atoms with Crippen LogP contribution in [0.5, 0.6) is 0 Å². The average Bonchev–Trinajstić information content (AvgIpc) is 2.31. The van der Waals surface area contributed by atoms with Crippen LogP contribution in [0.25, 0.3) is 6.08 Å². The van der Waals surface area contributed by atoms with E-state index < -0.39 is 6.10 Å². The fourth-order valence-electron chi connectivity index (χ4n) is 0.652. The minimum Gasteiger partial charge on any atom is -0.445 e. The summed E-state index contributed by atoms with van der Waals surface area (Å²) >= 11 is 5.51. The molecule has 0 fully saturated rings. The quantitative estimate of drug-likeness (QED) is 0.743. The van der Waals surface area contributed by atoms with E-state index in [-0.39, 0.29) is 0 Å². The molecule has 3 heteroatoms. The molecule has 1 aromatic rings. The highest BCUT2D eigenvalue weighted by Gasteiger charge is 1.94. The van der Waals surface area contributed by atoms with Crippen LogP contribution in [0.1, 0.15) is 12.7 Å². The molecule has 1 N–H and O–H groups in total. The number of rotatable bonds is 2. The first-order chi connectivity index (χ1) is 5.18. The Morgan fingerprint density at radius 3 is 2.82 bits per heavy atom. The number of aliphatic hydroxyl groups excluding tert-OH is 1. The van der Waals surface area contributed by atoms with Crippen LogP contribution in [0.15, 0.2) is 22.6 Å². The van der Waals surface area contributed by atoms with Crippen molar-refractivity contribution in [3.05, 3.63) is 29.2 Å². The highest BCUT2D eigenvalue weighted by Crippen LogP contribution is 2.14. The second kappa shape index (κ2) is 3.60. The Morgan fingerprint density at radius 2 is 2.36 bits per heavy atom. The van der Waals surface area contributed by atoms with E-state index in [9.17, 15) is 0 Å². The van der Waals surface area contributed by atoms with Gasteiger partial charge in [0.25, 0.3) is 0 Å². The summed E-state index contributed by atoms with van der Waals surface area (Å²) in [6.45, 7) is 1.67. The Balaban J connectivity index is 2.64. The lowest BCUT2D eigenvalue weighted by molar-refractivity contribution is 0.245. The van der Waals surface area contributed by atoms with Gasteiger partial charge in [-0.05, 0) is 36.7 Å². The molecule has 0 aliphatic heterocycles. The summed E-state index contributed by atoms with van der Waals surface area (Å²) in [6, 6.07) is 3.39. The molecule has 0 saturated carbocycles. The average molecular weight is 173 g/mol. The molecule has 60 valence electrons. The largest absolute Gasteiger partial charge is 0.445 e. The molecule has 1 atom stereocenters. The number of halogens is 1. The fraction of sp³-hybridized carbons (Fsp3) is 0.250. The van der Waals surface area contributed by atoms with Gasteiger partial charge in [0.05, 0.1) is 6.10 Å². The first kappa shape index (κ1) is 8.37. The molecule has 0 spiro atoms. The monoisotopic (exact) mass is 172 g/mol. The van der Waals surface area contributed by atoms with E-state index in [0.717, 1.165) is 0 Å². The van der Waals surface area contributed by atoms with E-state index >= 15 is 0 Å². The second-order valence-electron chi connectivity index (χ2n) is 2.24. The highest BCUT2D eigenvalue weighted by atomic mass is 35.5. The number of aliphatic hydroxyl groups is 1. The van der Waals surface area contributed by atoms with Crippen molar-refractivity contribution in [1.82, 2.24) is 0 Å². The lowest BCUT2D eigenvalue weighted by Crippen LogP contribution is -1.90. The van der Waals surface area contributed by atoms with Gasteiger partial charge in [0, 0.05) is 0 Å². The van der Waals surface area contributed by atoms with Gasteiger partial charge in [-0.25, -0.2) is 0 Å². The Bertz CT molecular complexity index is 250. The summed E-state index contributed by atoms with van der Waals surface area (Å²) in [4.78, 5) is 0. The topological polar surface area (TPSA) is 33.4 Å². The van der Waals surface area contributed by atoms with Crippen molar-refractivity contribution >= 4 is 17.7 Å². The molecular formula is C8H9ClO2. The van der Waals surface area contributed by atoms with Crippen LogP contribution in [0, 0.1) is 0 Å². The number of furan rings is 1. The van der Waals surface area contributed by atoms with Gasteiger partial charge in [-0.2, -0.15) is 0 Å². The summed E-state index contributed by atoms with van der Waals surface area (Å²) in [6.07, 6.45) is 2.84. The zero-order valence-electron chi connectivity index (χ0n) is 6.12. The predicted octanol–water partition coefficient (Wildman–Crippen LogP) is 2.33. The van der Waals surface area contributed by atoms with Crippen LogP contribution >= 0.6 is 11.6 Å². The van der Waals surface area contributed by atoms with Crippen molar-refractivity contribution in [1.29, 1.82) is 0 Å². The molecule has 0 amide bonds. The normalized spacial score (nSPS) is 14.1. The third kappa shape index (κ3) is 2.78. The fourth-order valence-corrected chi connectivity index (χ4v) is 0.804. The van der Waals surface area contributed by atoms with E-state index in [2.05, 4.69) is 0 Å². The van der Waals surface area contributed by atoms with Gasteiger partial charge in [0.15, 0.2) is 5.22 Å². The molecule has 0 aliphatic rings. The summed E-state index contributed by atoms with van der Waals surface area (Å²) in [5, 5.41) is 9.22. The molecule has 2 nitrogen and oxygen atoms in total. The van der Waals surface area contributed by atoms with Crippen molar-refractivity contribution in [3.8, 4) is 0 Å². The number of hydrogen-bond acceptors (Lipinski definition) is 2. The second-order valence-corrected chi connectivity index (χ2v) is 2.61. The Morgan fingerprint density at radius 1 is 1.64 bits per heavy atom. The molecule has 1 unspecified atom stereocenters. The Kier molecular flexibility index (Phi) is 2.74. The smallest absolute Gasteiger partial charge is 0.193 e. The van der Waals surface area contributed by atoms with Crippen molar-refractivity contribution < 1.29 is 9.52 Å². The third-order valence-electron chi connectivity index (χ3n) is 1.13. The molecule has 0 saturated heterocycles. The SMILES string of the molecule is CC(O)/C=C/c1ccc(Cl)o1. The van der Waals surface area contributed by atoms with Gasteiger partial charge in [-0.3, -0.25) is 0 Å². The lowest BCUT2D eigenvalue weighted by Gasteiger charge is -1.90. The van der Waals surface area contributed by atoms with Crippen LogP contribution in [0.4, 0.5) is 0 Å². The van der Waals surface area contributed by atoms with Crippen LogP contribution in [-0.2, 0) is 0 Å². The van der Waals surface area contributed by atoms with Crippen LogP contribution < -0.4 is 0 Å². The maximum Gasteiger partial charge on any atom is 0.193 e. The zero-order valence-corrected chi connectivity index (χ0v) is 6.88. The molecule has 0 aliphatic carbocycles. The minimum atomic E-state index is -0.459. The van der Waals surface area contributed by atoms with Crippen LogP contribution in [-0.4, -0.2) is 11.2 Å². The lowest BCUT2D eigenvalue weighted by atomic mass is 10.3. The Labute approximate surface area is 70.1 Å². The summed E-state index contributed by atoms with van der Waals surface area (Å²) < 4.78 is 5.00. The molecule has 0 radical (unpaired) electrons. The number of hydrogen-bond donors (Lipinski definition) is 1. The van der Waals surface area contributed by atoms with E-state index in [1.54, 1.807) is 31.2 Å². The summed E-state index contributed by atoms with van der Waals surface area (Å²) in [7, 11) is 0. The van der Waals surface area contributed by atoms with Crippen molar-refractivity contribution in [2.75, 3.05) is 0 Å². The third-order valence-corrected chi connectivity index (χ3v) is 1.34. The molecule has 1 heterocycles. The van der Waals surface area contributed by atoms with Gasteiger partial charge in [-0.15, -0.1) is 0 Å². The van der Waals surface area contributed by atoms with Crippen LogP contribution in [0.3, 0.4) is 0 Å². The molecule has 1 aromatic heterocycles. The van der Waals surface area contributed by atoms with E-state index in [4.69, 9.17) is 21.1 Å². The highest BCUT2D eigenvalue weighted by molar-refractivity contribution is 6.28. The Hall–Kier alpha value is -0.730. The van der Waals surface area contributed by atoms with Gasteiger partial charge in [-0.1, -0.05) is 6.08 Å². The van der Waals surface area contributed by atoms with Gasteiger partial charge in [0.2, 0.25) is 0 Å². The first-order valence-corrected chi connectivity index (χ1v) is 3.68. The standard InChI is InChI=1S/C8H9ClO2/c1-6(10)2-3-7-4-5-8(9)11-7/h2-6,10H,1H3/b3-2+. The van der Waals surface area contributed by atoms with Crippen LogP contribution in [0.2, 0.25) is 5.22 Å². The maximum atomic E-state index is 8.86. The molecule has 1 rings (SSSR count). The molecule has 11 heavy (non-hydrogen) atoms. The van der Waals surface area contributed by atoms with Gasteiger partial charge >= 0.3 is 0 Å². The van der Waals surface area contributed by atoms with Gasteiger partial charge in [0.1, 0.15) is 5.76 Å². The van der Waals surface area contributed by atoms with Crippen molar-refractivity contribution in [3.63, 3.8) is 0 Å². The summed E-state index contributed by atoms with van der Waals surface area (Å²) in [5.74, 6) is 0.649. The van der Waals surface area contributed by atoms with E-state index in [0.29, 0.717) is 11.0 Å². The molecule has 0 aromatic carbocycles. The minimum absolute atomic E-state index is 0.357. The zero-order chi connectivity index (χ0) is 8.27. The van der Waals surface area contributed by atoms with Crippen molar-refractivity contribution in [2.45, 2.75) is 13.0 Å². The van der Waals surface area contributed by atoms with Crippen molar-refractivity contribution in [2.24, 2.45) is 0 Å². The van der Waals surface area contributed by atoms with E-state index in [1.165, 1.54) is 0 Å². The predicted molar refractivity (Wildman–Crippen MR) is 44.4 cm³/mol. The van der Waals surface area contributed by atoms with E-state index in [1.807, 2.05) is 0 Å². The van der Waals surface area contributed by atoms with Gasteiger partial charge < -0.3 is 9.52 Å². The summed E-state index contributed by atoms with van der Waals surface area (Å²) in [5.41, 5.74) is 0. The first-order valence-electron chi connectivity index (χ1n) is 3.30. The maximum absolute atomic E-state index is 8.86.